The lowest BCUT2D eigenvalue weighted by molar-refractivity contribution is -0.140. The normalized spacial score (nSPS) is 12.2. The summed E-state index contributed by atoms with van der Waals surface area (Å²) in [5.74, 6) is -0.800. The van der Waals surface area contributed by atoms with Crippen molar-refractivity contribution in [1.82, 2.24) is 10.2 Å². The number of rotatable bonds is 12. The van der Waals surface area contributed by atoms with Crippen molar-refractivity contribution in [3.05, 3.63) is 92.4 Å². The summed E-state index contributed by atoms with van der Waals surface area (Å²) < 4.78 is 28.7. The van der Waals surface area contributed by atoms with Crippen LogP contribution >= 0.6 is 46.4 Å². The number of halogens is 4. The summed E-state index contributed by atoms with van der Waals surface area (Å²) in [4.78, 5) is 28.7. The van der Waals surface area contributed by atoms with Crippen molar-refractivity contribution >= 4 is 73.9 Å². The molecule has 0 fully saturated rings. The lowest BCUT2D eigenvalue weighted by Gasteiger charge is -2.33. The van der Waals surface area contributed by atoms with Gasteiger partial charge in [0.25, 0.3) is 10.0 Å². The van der Waals surface area contributed by atoms with E-state index in [4.69, 9.17) is 46.4 Å². The van der Waals surface area contributed by atoms with Crippen LogP contribution in [0.1, 0.15) is 32.8 Å². The van der Waals surface area contributed by atoms with Crippen LogP contribution in [-0.4, -0.2) is 44.3 Å². The van der Waals surface area contributed by atoms with Crippen molar-refractivity contribution < 1.29 is 18.0 Å². The van der Waals surface area contributed by atoms with Crippen molar-refractivity contribution in [3.8, 4) is 0 Å². The van der Waals surface area contributed by atoms with Gasteiger partial charge in [-0.15, -0.1) is 0 Å². The summed E-state index contributed by atoms with van der Waals surface area (Å²) in [6.45, 7) is 5.42. The number of hydrogen-bond donors (Lipinski definition) is 1. The third-order valence-electron chi connectivity index (χ3n) is 6.17. The third kappa shape index (κ3) is 8.75. The van der Waals surface area contributed by atoms with Gasteiger partial charge in [-0.2, -0.15) is 0 Å². The molecule has 41 heavy (non-hydrogen) atoms. The Labute approximate surface area is 261 Å². The summed E-state index contributed by atoms with van der Waals surface area (Å²) in [5.41, 5.74) is 0.643. The Morgan fingerprint density at radius 2 is 1.51 bits per heavy atom. The molecule has 0 saturated carbocycles. The fourth-order valence-electron chi connectivity index (χ4n) is 4.11. The average molecular weight is 659 g/mol. The monoisotopic (exact) mass is 657 g/mol. The lowest BCUT2D eigenvalue weighted by atomic mass is 10.1. The van der Waals surface area contributed by atoms with Gasteiger partial charge in [0.2, 0.25) is 11.8 Å². The number of carbonyl (C=O) groups excluding carboxylic acids is 2. The molecule has 0 radical (unpaired) electrons. The third-order valence-corrected chi connectivity index (χ3v) is 8.98. The lowest BCUT2D eigenvalue weighted by Crippen LogP contribution is -2.52. The van der Waals surface area contributed by atoms with Gasteiger partial charge < -0.3 is 10.2 Å². The van der Waals surface area contributed by atoms with E-state index in [1.807, 2.05) is 13.8 Å². The highest BCUT2D eigenvalue weighted by atomic mass is 35.5. The number of nitrogens with one attached hydrogen (secondary N) is 1. The largest absolute Gasteiger partial charge is 0.354 e. The molecule has 1 N–H and O–H groups in total. The van der Waals surface area contributed by atoms with Crippen LogP contribution in [0.3, 0.4) is 0 Å². The van der Waals surface area contributed by atoms with Crippen molar-refractivity contribution in [1.29, 1.82) is 0 Å². The smallest absolute Gasteiger partial charge is 0.264 e. The molecule has 12 heteroatoms. The molecule has 7 nitrogen and oxygen atoms in total. The number of benzene rings is 3. The maximum Gasteiger partial charge on any atom is 0.264 e. The highest BCUT2D eigenvalue weighted by Gasteiger charge is 2.34. The number of hydrogen-bond acceptors (Lipinski definition) is 4. The molecular formula is C29H31Cl4N3O4S. The molecule has 1 atom stereocenters. The molecule has 0 bridgehead atoms. The Morgan fingerprint density at radius 3 is 2.07 bits per heavy atom. The van der Waals surface area contributed by atoms with Gasteiger partial charge in [-0.1, -0.05) is 91.4 Å². The number of anilines is 1. The first-order valence-corrected chi connectivity index (χ1v) is 15.8. The molecule has 0 aliphatic rings. The molecule has 2 amide bonds. The fraction of sp³-hybridized carbons (Fsp3) is 0.310. The Kier molecular flexibility index (Phi) is 11.8. The van der Waals surface area contributed by atoms with Crippen molar-refractivity contribution in [2.75, 3.05) is 17.4 Å². The zero-order valence-corrected chi connectivity index (χ0v) is 26.6. The van der Waals surface area contributed by atoms with E-state index in [9.17, 15) is 18.0 Å². The van der Waals surface area contributed by atoms with Gasteiger partial charge in [-0.3, -0.25) is 13.9 Å². The summed E-state index contributed by atoms with van der Waals surface area (Å²) >= 11 is 25.0. The van der Waals surface area contributed by atoms with E-state index in [0.717, 1.165) is 4.31 Å². The molecule has 0 saturated heterocycles. The maximum absolute atomic E-state index is 14.1. The van der Waals surface area contributed by atoms with Gasteiger partial charge >= 0.3 is 0 Å². The van der Waals surface area contributed by atoms with Crippen molar-refractivity contribution in [3.63, 3.8) is 0 Å². The SMILES string of the molecule is CC[C@H](C(=O)NCC(C)C)N(Cc1ccc(Cl)cc1Cl)C(=O)CN(c1cc(Cl)cc(Cl)c1)S(=O)(=O)c1ccccc1. The Balaban J connectivity index is 2.09. The van der Waals surface area contributed by atoms with Crippen LogP contribution in [0.2, 0.25) is 20.1 Å². The van der Waals surface area contributed by atoms with Gasteiger partial charge in [0.05, 0.1) is 10.6 Å². The number of sulfonamides is 1. The van der Waals surface area contributed by atoms with Crippen LogP contribution in [0.15, 0.2) is 71.6 Å². The second-order valence-electron chi connectivity index (χ2n) is 9.77. The molecule has 0 aromatic heterocycles. The highest BCUT2D eigenvalue weighted by molar-refractivity contribution is 7.92. The molecular weight excluding hydrogens is 628 g/mol. The van der Waals surface area contributed by atoms with E-state index in [2.05, 4.69) is 5.32 Å². The van der Waals surface area contributed by atoms with Gasteiger partial charge in [-0.05, 0) is 60.4 Å². The molecule has 3 aromatic rings. The summed E-state index contributed by atoms with van der Waals surface area (Å²) in [6.07, 6.45) is 0.273. The first-order valence-electron chi connectivity index (χ1n) is 12.9. The maximum atomic E-state index is 14.1. The van der Waals surface area contributed by atoms with Crippen molar-refractivity contribution in [2.24, 2.45) is 5.92 Å². The summed E-state index contributed by atoms with van der Waals surface area (Å²) in [6, 6.07) is 15.9. The predicted molar refractivity (Wildman–Crippen MR) is 166 cm³/mol. The minimum atomic E-state index is -4.25. The molecule has 0 aliphatic carbocycles. The molecule has 0 unspecified atom stereocenters. The van der Waals surface area contributed by atoms with Gasteiger partial charge in [-0.25, -0.2) is 8.42 Å². The summed E-state index contributed by atoms with van der Waals surface area (Å²) in [5, 5.41) is 3.99. The van der Waals surface area contributed by atoms with E-state index in [-0.39, 0.29) is 45.4 Å². The molecule has 220 valence electrons. The second-order valence-corrected chi connectivity index (χ2v) is 13.4. The average Bonchev–Trinajstić information content (AvgIpc) is 2.91. The van der Waals surface area contributed by atoms with Gasteiger partial charge in [0.15, 0.2) is 0 Å². The first-order chi connectivity index (χ1) is 19.3. The highest BCUT2D eigenvalue weighted by Crippen LogP contribution is 2.30. The van der Waals surface area contributed by atoms with Crippen LogP contribution in [-0.2, 0) is 26.2 Å². The minimum Gasteiger partial charge on any atom is -0.354 e. The Bertz CT molecular complexity index is 1470. The molecule has 0 heterocycles. The number of nitrogens with zero attached hydrogens (tertiary/aromatic N) is 2. The van der Waals surface area contributed by atoms with Crippen LogP contribution in [0.4, 0.5) is 5.69 Å². The standard InChI is InChI=1S/C29H31Cl4N3O4S/c1-4-27(29(38)34-16-19(2)3)35(17-20-10-11-21(30)15-26(20)33)28(37)18-36(24-13-22(31)12-23(32)14-24)41(39,40)25-8-6-5-7-9-25/h5-15,19,27H,4,16-18H2,1-3H3,(H,34,38)/t27-/m1/s1. The van der Waals surface area contributed by atoms with Gasteiger partial charge in [0.1, 0.15) is 12.6 Å². The predicted octanol–water partition coefficient (Wildman–Crippen LogP) is 7.08. The van der Waals surface area contributed by atoms with Gasteiger partial charge in [0, 0.05) is 33.2 Å². The zero-order valence-electron chi connectivity index (χ0n) is 22.8. The van der Waals surface area contributed by atoms with E-state index in [1.54, 1.807) is 43.3 Å². The topological polar surface area (TPSA) is 86.8 Å². The number of carbonyl (C=O) groups is 2. The van der Waals surface area contributed by atoms with E-state index in [1.165, 1.54) is 35.2 Å². The molecule has 3 rings (SSSR count). The molecule has 3 aromatic carbocycles. The first kappa shape index (κ1) is 33.0. The van der Waals surface area contributed by atoms with Crippen LogP contribution in [0.25, 0.3) is 0 Å². The van der Waals surface area contributed by atoms with Crippen molar-refractivity contribution in [2.45, 2.75) is 44.7 Å². The van der Waals surface area contributed by atoms with Crippen LogP contribution in [0.5, 0.6) is 0 Å². The summed E-state index contributed by atoms with van der Waals surface area (Å²) in [7, 11) is -4.25. The zero-order chi connectivity index (χ0) is 30.3. The van der Waals surface area contributed by atoms with Crippen LogP contribution in [0, 0.1) is 5.92 Å². The number of amides is 2. The Hall–Kier alpha value is -2.49. The molecule has 0 spiro atoms. The quantitative estimate of drug-likeness (QED) is 0.225. The Morgan fingerprint density at radius 1 is 0.878 bits per heavy atom. The van der Waals surface area contributed by atoms with Crippen LogP contribution < -0.4 is 9.62 Å². The van der Waals surface area contributed by atoms with E-state index >= 15 is 0 Å². The minimum absolute atomic E-state index is 0.0297. The molecule has 0 aliphatic heterocycles. The van der Waals surface area contributed by atoms with E-state index < -0.39 is 28.5 Å². The second kappa shape index (κ2) is 14.6. The van der Waals surface area contributed by atoms with E-state index in [0.29, 0.717) is 22.2 Å². The fourth-order valence-corrected chi connectivity index (χ4v) is 6.51.